The standard InChI is InChI=1S/C14H19BrN2O2/c1-4-5-17(9-13(18)16-3)14(19)11-6-10(2)7-12(15)8-11/h6-8H,4-5,9H2,1-3H3,(H,16,18). The fraction of sp³-hybridized carbons (Fsp3) is 0.429. The van der Waals surface area contributed by atoms with Crippen LogP contribution in [0.4, 0.5) is 0 Å². The fourth-order valence-electron chi connectivity index (χ4n) is 1.82. The van der Waals surface area contributed by atoms with Crippen LogP contribution in [0.5, 0.6) is 0 Å². The van der Waals surface area contributed by atoms with Crippen molar-refractivity contribution in [3.63, 3.8) is 0 Å². The Balaban J connectivity index is 2.94. The van der Waals surface area contributed by atoms with Gasteiger partial charge in [0.25, 0.3) is 5.91 Å². The van der Waals surface area contributed by atoms with Crippen LogP contribution >= 0.6 is 15.9 Å². The molecule has 1 aromatic carbocycles. The summed E-state index contributed by atoms with van der Waals surface area (Å²) in [5.74, 6) is -0.275. The van der Waals surface area contributed by atoms with Gasteiger partial charge in [0, 0.05) is 23.6 Å². The molecule has 0 bridgehead atoms. The number of carbonyl (C=O) groups is 2. The van der Waals surface area contributed by atoms with Crippen molar-refractivity contribution in [3.8, 4) is 0 Å². The predicted molar refractivity (Wildman–Crippen MR) is 79.1 cm³/mol. The third kappa shape index (κ3) is 4.67. The molecule has 0 spiro atoms. The summed E-state index contributed by atoms with van der Waals surface area (Å²) < 4.78 is 0.868. The molecule has 0 aliphatic carbocycles. The van der Waals surface area contributed by atoms with E-state index in [1.165, 1.54) is 0 Å². The highest BCUT2D eigenvalue weighted by Gasteiger charge is 2.18. The van der Waals surface area contributed by atoms with Crippen molar-refractivity contribution in [2.45, 2.75) is 20.3 Å². The number of hydrogen-bond acceptors (Lipinski definition) is 2. The SMILES string of the molecule is CCCN(CC(=O)NC)C(=O)c1cc(C)cc(Br)c1. The Hall–Kier alpha value is -1.36. The summed E-state index contributed by atoms with van der Waals surface area (Å²) >= 11 is 3.38. The van der Waals surface area contributed by atoms with Crippen molar-refractivity contribution in [2.75, 3.05) is 20.1 Å². The van der Waals surface area contributed by atoms with Gasteiger partial charge >= 0.3 is 0 Å². The van der Waals surface area contributed by atoms with Gasteiger partial charge < -0.3 is 10.2 Å². The van der Waals surface area contributed by atoms with E-state index in [9.17, 15) is 9.59 Å². The van der Waals surface area contributed by atoms with Crippen LogP contribution in [0.25, 0.3) is 0 Å². The lowest BCUT2D eigenvalue weighted by Gasteiger charge is -2.21. The molecule has 0 heterocycles. The topological polar surface area (TPSA) is 49.4 Å². The molecule has 104 valence electrons. The molecule has 0 saturated carbocycles. The van der Waals surface area contributed by atoms with Crippen LogP contribution in [-0.4, -0.2) is 36.9 Å². The van der Waals surface area contributed by atoms with Crippen LogP contribution in [0.2, 0.25) is 0 Å². The molecule has 0 atom stereocenters. The number of carbonyl (C=O) groups excluding carboxylic acids is 2. The van der Waals surface area contributed by atoms with E-state index in [-0.39, 0.29) is 18.4 Å². The van der Waals surface area contributed by atoms with Crippen LogP contribution in [0, 0.1) is 6.92 Å². The largest absolute Gasteiger partial charge is 0.358 e. The second-order valence-electron chi connectivity index (χ2n) is 4.42. The van der Waals surface area contributed by atoms with Crippen molar-refractivity contribution in [2.24, 2.45) is 0 Å². The molecule has 5 heteroatoms. The number of rotatable bonds is 5. The van der Waals surface area contributed by atoms with Gasteiger partial charge in [0.2, 0.25) is 5.91 Å². The van der Waals surface area contributed by atoms with E-state index in [0.717, 1.165) is 16.5 Å². The number of amides is 2. The van der Waals surface area contributed by atoms with Gasteiger partial charge in [-0.1, -0.05) is 22.9 Å². The van der Waals surface area contributed by atoms with E-state index in [1.54, 1.807) is 18.0 Å². The number of benzene rings is 1. The molecule has 0 radical (unpaired) electrons. The number of halogens is 1. The Kier molecular flexibility index (Phi) is 6.02. The Morgan fingerprint density at radius 1 is 1.32 bits per heavy atom. The molecule has 1 rings (SSSR count). The Morgan fingerprint density at radius 2 is 2.00 bits per heavy atom. The Labute approximate surface area is 122 Å². The number of nitrogens with zero attached hydrogens (tertiary/aromatic N) is 1. The zero-order valence-electron chi connectivity index (χ0n) is 11.5. The minimum Gasteiger partial charge on any atom is -0.358 e. The van der Waals surface area contributed by atoms with Crippen molar-refractivity contribution < 1.29 is 9.59 Å². The van der Waals surface area contributed by atoms with Gasteiger partial charge in [-0.3, -0.25) is 9.59 Å². The summed E-state index contributed by atoms with van der Waals surface area (Å²) in [7, 11) is 1.57. The summed E-state index contributed by atoms with van der Waals surface area (Å²) in [6, 6.07) is 5.56. The van der Waals surface area contributed by atoms with Gasteiger partial charge in [0.05, 0.1) is 6.54 Å². The number of likely N-dealkylation sites (N-methyl/N-ethyl adjacent to an activating group) is 1. The smallest absolute Gasteiger partial charge is 0.254 e. The van der Waals surface area contributed by atoms with E-state index in [1.807, 2.05) is 26.0 Å². The molecular weight excluding hydrogens is 308 g/mol. The Morgan fingerprint density at radius 3 is 2.53 bits per heavy atom. The van der Waals surface area contributed by atoms with E-state index in [4.69, 9.17) is 0 Å². The highest BCUT2D eigenvalue weighted by molar-refractivity contribution is 9.10. The maximum atomic E-state index is 12.4. The molecule has 0 aliphatic heterocycles. The first-order chi connectivity index (χ1) is 8.97. The summed E-state index contributed by atoms with van der Waals surface area (Å²) in [5, 5.41) is 2.54. The molecular formula is C14H19BrN2O2. The molecule has 0 fully saturated rings. The van der Waals surface area contributed by atoms with Crippen LogP contribution in [0.15, 0.2) is 22.7 Å². The molecule has 2 amide bonds. The first-order valence-electron chi connectivity index (χ1n) is 6.25. The normalized spacial score (nSPS) is 10.1. The second kappa shape index (κ2) is 7.28. The van der Waals surface area contributed by atoms with E-state index in [2.05, 4.69) is 21.2 Å². The number of nitrogens with one attached hydrogen (secondary N) is 1. The maximum absolute atomic E-state index is 12.4. The van der Waals surface area contributed by atoms with Gasteiger partial charge in [-0.25, -0.2) is 0 Å². The molecule has 0 saturated heterocycles. The third-order valence-electron chi connectivity index (χ3n) is 2.68. The van der Waals surface area contributed by atoms with Crippen LogP contribution in [0.1, 0.15) is 29.3 Å². The average Bonchev–Trinajstić information content (AvgIpc) is 2.36. The van der Waals surface area contributed by atoms with Crippen molar-refractivity contribution in [1.29, 1.82) is 0 Å². The first-order valence-corrected chi connectivity index (χ1v) is 7.04. The predicted octanol–water partition coefficient (Wildman–Crippen LogP) is 2.36. The van der Waals surface area contributed by atoms with Crippen molar-refractivity contribution >= 4 is 27.7 Å². The summed E-state index contributed by atoms with van der Waals surface area (Å²) in [6.07, 6.45) is 0.815. The van der Waals surface area contributed by atoms with Crippen LogP contribution in [-0.2, 0) is 4.79 Å². The van der Waals surface area contributed by atoms with Crippen LogP contribution in [0.3, 0.4) is 0 Å². The first kappa shape index (κ1) is 15.7. The monoisotopic (exact) mass is 326 g/mol. The maximum Gasteiger partial charge on any atom is 0.254 e. The summed E-state index contributed by atoms with van der Waals surface area (Å²) in [4.78, 5) is 25.4. The van der Waals surface area contributed by atoms with E-state index in [0.29, 0.717) is 12.1 Å². The highest BCUT2D eigenvalue weighted by atomic mass is 79.9. The minimum atomic E-state index is -0.159. The number of aryl methyl sites for hydroxylation is 1. The quantitative estimate of drug-likeness (QED) is 0.903. The second-order valence-corrected chi connectivity index (χ2v) is 5.33. The average molecular weight is 327 g/mol. The molecule has 0 unspecified atom stereocenters. The molecule has 1 N–H and O–H groups in total. The fourth-order valence-corrected chi connectivity index (χ4v) is 2.42. The van der Waals surface area contributed by atoms with Gasteiger partial charge in [-0.15, -0.1) is 0 Å². The lowest BCUT2D eigenvalue weighted by atomic mass is 10.1. The van der Waals surface area contributed by atoms with Gasteiger partial charge in [-0.05, 0) is 37.1 Å². The minimum absolute atomic E-state index is 0.0920. The lowest BCUT2D eigenvalue weighted by Crippen LogP contribution is -2.40. The van der Waals surface area contributed by atoms with Gasteiger partial charge in [-0.2, -0.15) is 0 Å². The molecule has 4 nitrogen and oxygen atoms in total. The summed E-state index contributed by atoms with van der Waals surface area (Å²) in [5.41, 5.74) is 1.61. The Bertz CT molecular complexity index is 454. The van der Waals surface area contributed by atoms with Gasteiger partial charge in [0.15, 0.2) is 0 Å². The third-order valence-corrected chi connectivity index (χ3v) is 3.14. The zero-order chi connectivity index (χ0) is 14.4. The van der Waals surface area contributed by atoms with E-state index >= 15 is 0 Å². The lowest BCUT2D eigenvalue weighted by molar-refractivity contribution is -0.121. The zero-order valence-corrected chi connectivity index (χ0v) is 13.1. The van der Waals surface area contributed by atoms with Crippen molar-refractivity contribution in [1.82, 2.24) is 10.2 Å². The molecule has 1 aromatic rings. The molecule has 0 aliphatic rings. The van der Waals surface area contributed by atoms with Crippen molar-refractivity contribution in [3.05, 3.63) is 33.8 Å². The van der Waals surface area contributed by atoms with Crippen LogP contribution < -0.4 is 5.32 Å². The van der Waals surface area contributed by atoms with Gasteiger partial charge in [0.1, 0.15) is 0 Å². The number of hydrogen-bond donors (Lipinski definition) is 1. The summed E-state index contributed by atoms with van der Waals surface area (Å²) in [6.45, 7) is 4.58. The molecule has 19 heavy (non-hydrogen) atoms. The molecule has 0 aromatic heterocycles. The highest BCUT2D eigenvalue weighted by Crippen LogP contribution is 2.17. The van der Waals surface area contributed by atoms with E-state index < -0.39 is 0 Å².